The first-order valence-corrected chi connectivity index (χ1v) is 6.66. The van der Waals surface area contributed by atoms with Crippen LogP contribution in [0.2, 0.25) is 0 Å². The molecular weight excluding hydrogens is 212 g/mol. The number of likely N-dealkylation sites (tertiary alicyclic amines) is 1. The first-order chi connectivity index (χ1) is 8.22. The van der Waals surface area contributed by atoms with Gasteiger partial charge in [0.2, 0.25) is 0 Å². The lowest BCUT2D eigenvalue weighted by molar-refractivity contribution is 0.197. The SMILES string of the molecule is CNCc1occc1CN1CCCC1C(C)C. The van der Waals surface area contributed by atoms with Gasteiger partial charge in [0, 0.05) is 18.2 Å². The second-order valence-corrected chi connectivity index (χ2v) is 5.32. The number of hydrogen-bond acceptors (Lipinski definition) is 3. The molecule has 3 heteroatoms. The molecule has 1 aromatic rings. The summed E-state index contributed by atoms with van der Waals surface area (Å²) in [5.74, 6) is 1.83. The van der Waals surface area contributed by atoms with Crippen molar-refractivity contribution in [2.75, 3.05) is 13.6 Å². The molecule has 96 valence electrons. The summed E-state index contributed by atoms with van der Waals surface area (Å²) in [6, 6.07) is 2.86. The van der Waals surface area contributed by atoms with E-state index >= 15 is 0 Å². The first-order valence-electron chi connectivity index (χ1n) is 6.66. The van der Waals surface area contributed by atoms with E-state index in [1.54, 1.807) is 0 Å². The van der Waals surface area contributed by atoms with Crippen LogP contribution in [0, 0.1) is 5.92 Å². The standard InChI is InChI=1S/C14H24N2O/c1-11(2)13-5-4-7-16(13)10-12-6-8-17-14(12)9-15-3/h6,8,11,13,15H,4-5,7,9-10H2,1-3H3. The Balaban J connectivity index is 2.02. The average molecular weight is 236 g/mol. The minimum Gasteiger partial charge on any atom is -0.468 e. The normalized spacial score (nSPS) is 21.5. The highest BCUT2D eigenvalue weighted by Gasteiger charge is 2.27. The van der Waals surface area contributed by atoms with E-state index in [2.05, 4.69) is 30.1 Å². The van der Waals surface area contributed by atoms with Crippen LogP contribution in [0.5, 0.6) is 0 Å². The molecule has 0 amide bonds. The van der Waals surface area contributed by atoms with Gasteiger partial charge in [0.05, 0.1) is 12.8 Å². The van der Waals surface area contributed by atoms with Gasteiger partial charge in [-0.1, -0.05) is 13.8 Å². The van der Waals surface area contributed by atoms with Gasteiger partial charge in [-0.2, -0.15) is 0 Å². The summed E-state index contributed by atoms with van der Waals surface area (Å²) >= 11 is 0. The first kappa shape index (κ1) is 12.7. The van der Waals surface area contributed by atoms with E-state index in [1.165, 1.54) is 24.9 Å². The van der Waals surface area contributed by atoms with Crippen LogP contribution in [0.25, 0.3) is 0 Å². The summed E-state index contributed by atoms with van der Waals surface area (Å²) in [5, 5.41) is 3.16. The van der Waals surface area contributed by atoms with Crippen LogP contribution in [-0.2, 0) is 13.1 Å². The predicted molar refractivity (Wildman–Crippen MR) is 69.7 cm³/mol. The van der Waals surface area contributed by atoms with Crippen LogP contribution in [0.1, 0.15) is 38.0 Å². The highest BCUT2D eigenvalue weighted by atomic mass is 16.3. The van der Waals surface area contributed by atoms with Gasteiger partial charge in [-0.3, -0.25) is 4.90 Å². The molecule has 1 aliphatic rings. The van der Waals surface area contributed by atoms with Crippen molar-refractivity contribution in [1.82, 2.24) is 10.2 Å². The van der Waals surface area contributed by atoms with Crippen molar-refractivity contribution in [3.63, 3.8) is 0 Å². The molecule has 0 aliphatic carbocycles. The Bertz CT molecular complexity index is 346. The summed E-state index contributed by atoms with van der Waals surface area (Å²) in [6.45, 7) is 7.74. The van der Waals surface area contributed by atoms with Crippen molar-refractivity contribution in [2.45, 2.75) is 45.8 Å². The summed E-state index contributed by atoms with van der Waals surface area (Å²) in [7, 11) is 1.96. The molecule has 1 unspecified atom stereocenters. The van der Waals surface area contributed by atoms with Gasteiger partial charge in [0.1, 0.15) is 5.76 Å². The van der Waals surface area contributed by atoms with Crippen LogP contribution in [0.15, 0.2) is 16.7 Å². The number of hydrogen-bond donors (Lipinski definition) is 1. The minimum absolute atomic E-state index is 0.743. The number of nitrogens with zero attached hydrogens (tertiary/aromatic N) is 1. The molecule has 1 atom stereocenters. The maximum absolute atomic E-state index is 5.52. The lowest BCUT2D eigenvalue weighted by Gasteiger charge is -2.27. The second-order valence-electron chi connectivity index (χ2n) is 5.32. The minimum atomic E-state index is 0.743. The second kappa shape index (κ2) is 5.69. The Kier molecular flexibility index (Phi) is 4.24. The van der Waals surface area contributed by atoms with Gasteiger partial charge >= 0.3 is 0 Å². The molecule has 17 heavy (non-hydrogen) atoms. The van der Waals surface area contributed by atoms with E-state index in [-0.39, 0.29) is 0 Å². The molecule has 3 nitrogen and oxygen atoms in total. The lowest BCUT2D eigenvalue weighted by atomic mass is 10.0. The Morgan fingerprint density at radius 2 is 2.35 bits per heavy atom. The number of nitrogens with one attached hydrogen (secondary N) is 1. The monoisotopic (exact) mass is 236 g/mol. The molecule has 0 spiro atoms. The fourth-order valence-corrected chi connectivity index (χ4v) is 2.85. The fourth-order valence-electron chi connectivity index (χ4n) is 2.85. The average Bonchev–Trinajstić information content (AvgIpc) is 2.89. The predicted octanol–water partition coefficient (Wildman–Crippen LogP) is 2.62. The largest absolute Gasteiger partial charge is 0.468 e. The van der Waals surface area contributed by atoms with Crippen molar-refractivity contribution in [3.8, 4) is 0 Å². The summed E-state index contributed by atoms with van der Waals surface area (Å²) < 4.78 is 5.52. The molecule has 1 N–H and O–H groups in total. The molecule has 0 saturated carbocycles. The Hall–Kier alpha value is -0.800. The molecule has 1 aliphatic heterocycles. The van der Waals surface area contributed by atoms with E-state index in [9.17, 15) is 0 Å². The molecule has 0 bridgehead atoms. The van der Waals surface area contributed by atoms with E-state index in [1.807, 2.05) is 13.3 Å². The lowest BCUT2D eigenvalue weighted by Crippen LogP contribution is -2.33. The maximum atomic E-state index is 5.52. The molecule has 1 aromatic heterocycles. The summed E-state index contributed by atoms with van der Waals surface area (Å²) in [4.78, 5) is 2.61. The topological polar surface area (TPSA) is 28.4 Å². The maximum Gasteiger partial charge on any atom is 0.122 e. The molecule has 0 radical (unpaired) electrons. The fraction of sp³-hybridized carbons (Fsp3) is 0.714. The molecule has 1 saturated heterocycles. The third kappa shape index (κ3) is 2.90. The zero-order valence-electron chi connectivity index (χ0n) is 11.2. The Morgan fingerprint density at radius 1 is 1.53 bits per heavy atom. The molecule has 2 rings (SSSR count). The number of furan rings is 1. The summed E-state index contributed by atoms with van der Waals surface area (Å²) in [6.07, 6.45) is 4.49. The molecular formula is C14H24N2O. The van der Waals surface area contributed by atoms with Crippen molar-refractivity contribution in [3.05, 3.63) is 23.7 Å². The molecule has 0 aromatic carbocycles. The van der Waals surface area contributed by atoms with Crippen LogP contribution in [0.4, 0.5) is 0 Å². The summed E-state index contributed by atoms with van der Waals surface area (Å²) in [5.41, 5.74) is 1.34. The zero-order chi connectivity index (χ0) is 12.3. The van der Waals surface area contributed by atoms with Gasteiger partial charge in [-0.15, -0.1) is 0 Å². The Morgan fingerprint density at radius 3 is 3.06 bits per heavy atom. The number of rotatable bonds is 5. The van der Waals surface area contributed by atoms with Crippen molar-refractivity contribution in [2.24, 2.45) is 5.92 Å². The van der Waals surface area contributed by atoms with Gasteiger partial charge in [-0.05, 0) is 38.4 Å². The quantitative estimate of drug-likeness (QED) is 0.852. The van der Waals surface area contributed by atoms with E-state index in [0.29, 0.717) is 0 Å². The van der Waals surface area contributed by atoms with E-state index < -0.39 is 0 Å². The Labute approximate surface area is 104 Å². The smallest absolute Gasteiger partial charge is 0.122 e. The highest BCUT2D eigenvalue weighted by molar-refractivity contribution is 5.17. The van der Waals surface area contributed by atoms with Crippen molar-refractivity contribution >= 4 is 0 Å². The highest BCUT2D eigenvalue weighted by Crippen LogP contribution is 2.26. The van der Waals surface area contributed by atoms with E-state index in [4.69, 9.17) is 4.42 Å². The van der Waals surface area contributed by atoms with Crippen molar-refractivity contribution < 1.29 is 4.42 Å². The van der Waals surface area contributed by atoms with Gasteiger partial charge in [0.25, 0.3) is 0 Å². The van der Waals surface area contributed by atoms with Gasteiger partial charge in [0.15, 0.2) is 0 Å². The van der Waals surface area contributed by atoms with Crippen LogP contribution in [0.3, 0.4) is 0 Å². The van der Waals surface area contributed by atoms with E-state index in [0.717, 1.165) is 30.8 Å². The third-order valence-electron chi connectivity index (χ3n) is 3.73. The van der Waals surface area contributed by atoms with Crippen molar-refractivity contribution in [1.29, 1.82) is 0 Å². The third-order valence-corrected chi connectivity index (χ3v) is 3.73. The molecule has 1 fully saturated rings. The van der Waals surface area contributed by atoms with Crippen LogP contribution >= 0.6 is 0 Å². The van der Waals surface area contributed by atoms with Gasteiger partial charge in [-0.25, -0.2) is 0 Å². The molecule has 2 heterocycles. The van der Waals surface area contributed by atoms with Crippen LogP contribution in [-0.4, -0.2) is 24.5 Å². The zero-order valence-corrected chi connectivity index (χ0v) is 11.2. The van der Waals surface area contributed by atoms with Crippen LogP contribution < -0.4 is 5.32 Å². The van der Waals surface area contributed by atoms with Gasteiger partial charge < -0.3 is 9.73 Å².